The molecule has 0 amide bonds. The molecule has 0 unspecified atom stereocenters. The van der Waals surface area contributed by atoms with Crippen molar-refractivity contribution in [1.82, 2.24) is 4.74 Å². The molecule has 1 rings (SSSR count). The summed E-state index contributed by atoms with van der Waals surface area (Å²) in [5.41, 5.74) is -0.567. The summed E-state index contributed by atoms with van der Waals surface area (Å²) in [7, 11) is 0. The smallest absolute Gasteiger partial charge is 0.357 e. The first-order valence-electron chi connectivity index (χ1n) is 3.57. The van der Waals surface area contributed by atoms with Crippen LogP contribution < -0.4 is 5.56 Å². The van der Waals surface area contributed by atoms with E-state index < -0.39 is 10.9 Å². The Morgan fingerprint density at radius 3 is 2.86 bits per heavy atom. The Labute approximate surface area is 89.2 Å². The van der Waals surface area contributed by atoms with Crippen LogP contribution in [0.4, 0.5) is 4.79 Å². The Hall–Kier alpha value is -1.12. The molecule has 1 aromatic heterocycles. The number of hydrogen-bond acceptors (Lipinski definition) is 4. The van der Waals surface area contributed by atoms with Gasteiger partial charge in [-0.1, -0.05) is 10.7 Å². The zero-order valence-corrected chi connectivity index (χ0v) is 8.82. The predicted octanol–water partition coefficient (Wildman–Crippen LogP) is 1.68. The average Bonchev–Trinajstić information content (AvgIpc) is 2.40. The summed E-state index contributed by atoms with van der Waals surface area (Å²) in [6.45, 7) is 1.57. The SMILES string of the molecule is C#CCSc1c(C)on(C(=O)Cl)c1=O. The highest BCUT2D eigenvalue weighted by Crippen LogP contribution is 2.18. The summed E-state index contributed by atoms with van der Waals surface area (Å²) in [5.74, 6) is 3.04. The average molecular weight is 232 g/mol. The van der Waals surface area contributed by atoms with Crippen LogP contribution in [0, 0.1) is 19.3 Å². The van der Waals surface area contributed by atoms with Crippen molar-refractivity contribution in [3.05, 3.63) is 16.1 Å². The molecule has 0 saturated carbocycles. The molecule has 0 aliphatic heterocycles. The van der Waals surface area contributed by atoms with Gasteiger partial charge in [0.05, 0.1) is 5.75 Å². The highest BCUT2D eigenvalue weighted by molar-refractivity contribution is 7.99. The number of rotatable bonds is 2. The first-order chi connectivity index (χ1) is 6.57. The Kier molecular flexibility index (Phi) is 3.44. The van der Waals surface area contributed by atoms with Crippen molar-refractivity contribution in [3.63, 3.8) is 0 Å². The van der Waals surface area contributed by atoms with Gasteiger partial charge in [-0.25, -0.2) is 0 Å². The summed E-state index contributed by atoms with van der Waals surface area (Å²) in [6, 6.07) is 0. The van der Waals surface area contributed by atoms with Crippen LogP contribution in [-0.4, -0.2) is 15.9 Å². The maximum absolute atomic E-state index is 11.4. The van der Waals surface area contributed by atoms with E-state index in [1.165, 1.54) is 0 Å². The Morgan fingerprint density at radius 1 is 1.79 bits per heavy atom. The van der Waals surface area contributed by atoms with Crippen LogP contribution in [0.3, 0.4) is 0 Å². The van der Waals surface area contributed by atoms with E-state index in [1.54, 1.807) is 6.92 Å². The van der Waals surface area contributed by atoms with Crippen LogP contribution in [0.5, 0.6) is 0 Å². The summed E-state index contributed by atoms with van der Waals surface area (Å²) in [6.07, 6.45) is 5.04. The van der Waals surface area contributed by atoms with Crippen molar-refractivity contribution >= 4 is 28.7 Å². The zero-order valence-electron chi connectivity index (χ0n) is 7.24. The molecule has 0 bridgehead atoms. The van der Waals surface area contributed by atoms with Gasteiger partial charge in [-0.15, -0.1) is 18.2 Å². The van der Waals surface area contributed by atoms with Gasteiger partial charge in [0, 0.05) is 0 Å². The molecule has 0 saturated heterocycles. The lowest BCUT2D eigenvalue weighted by Gasteiger charge is -1.87. The number of terminal acetylenes is 1. The van der Waals surface area contributed by atoms with E-state index in [0.717, 1.165) is 11.8 Å². The number of carbonyl (C=O) groups is 1. The third-order valence-corrected chi connectivity index (χ3v) is 2.60. The molecule has 0 aromatic carbocycles. The molecule has 0 spiro atoms. The second kappa shape index (κ2) is 4.40. The molecule has 1 heterocycles. The van der Waals surface area contributed by atoms with E-state index in [9.17, 15) is 9.59 Å². The number of carbonyl (C=O) groups excluding carboxylic acids is 1. The quantitative estimate of drug-likeness (QED) is 0.442. The molecule has 0 fully saturated rings. The van der Waals surface area contributed by atoms with Crippen molar-refractivity contribution in [3.8, 4) is 12.3 Å². The molecule has 0 atom stereocenters. The minimum Gasteiger partial charge on any atom is -0.371 e. The lowest BCUT2D eigenvalue weighted by atomic mass is 10.5. The Bertz CT molecular complexity index is 454. The van der Waals surface area contributed by atoms with Gasteiger partial charge in [0.15, 0.2) is 0 Å². The van der Waals surface area contributed by atoms with Gasteiger partial charge in [0.1, 0.15) is 10.7 Å². The van der Waals surface area contributed by atoms with E-state index in [-0.39, 0.29) is 0 Å². The number of aryl methyl sites for hydroxylation is 1. The van der Waals surface area contributed by atoms with Gasteiger partial charge in [0.25, 0.3) is 0 Å². The van der Waals surface area contributed by atoms with Gasteiger partial charge in [-0.3, -0.25) is 9.59 Å². The standard InChI is InChI=1S/C8H6ClNO3S/c1-3-4-14-6-5(2)13-10(7(6)11)8(9)12/h1H,4H2,2H3. The van der Waals surface area contributed by atoms with E-state index in [1.807, 2.05) is 0 Å². The topological polar surface area (TPSA) is 52.2 Å². The van der Waals surface area contributed by atoms with Crippen molar-refractivity contribution in [2.45, 2.75) is 11.8 Å². The molecule has 6 heteroatoms. The zero-order chi connectivity index (χ0) is 10.7. The number of hydrogen-bond donors (Lipinski definition) is 0. The second-order valence-corrected chi connectivity index (χ2v) is 3.63. The van der Waals surface area contributed by atoms with Crippen LogP contribution in [0.25, 0.3) is 0 Å². The molecule has 0 radical (unpaired) electrons. The predicted molar refractivity (Wildman–Crippen MR) is 53.9 cm³/mol. The van der Waals surface area contributed by atoms with Crippen molar-refractivity contribution in [2.75, 3.05) is 5.75 Å². The number of nitrogens with zero attached hydrogens (tertiary/aromatic N) is 1. The molecule has 0 N–H and O–H groups in total. The monoisotopic (exact) mass is 231 g/mol. The van der Waals surface area contributed by atoms with E-state index in [0.29, 0.717) is 21.1 Å². The van der Waals surface area contributed by atoms with Gasteiger partial charge in [0.2, 0.25) is 0 Å². The largest absolute Gasteiger partial charge is 0.371 e. The van der Waals surface area contributed by atoms with E-state index in [4.69, 9.17) is 22.5 Å². The van der Waals surface area contributed by atoms with Crippen LogP contribution in [0.1, 0.15) is 5.76 Å². The minimum absolute atomic E-state index is 0.317. The van der Waals surface area contributed by atoms with E-state index >= 15 is 0 Å². The first kappa shape index (κ1) is 11.0. The molecule has 1 aromatic rings. The van der Waals surface area contributed by atoms with Crippen LogP contribution in [0.2, 0.25) is 0 Å². The molecule has 0 aliphatic rings. The first-order valence-corrected chi connectivity index (χ1v) is 4.93. The lowest BCUT2D eigenvalue weighted by molar-refractivity contribution is 0.226. The molecular weight excluding hydrogens is 226 g/mol. The molecule has 4 nitrogen and oxygen atoms in total. The Morgan fingerprint density at radius 2 is 2.43 bits per heavy atom. The van der Waals surface area contributed by atoms with Gasteiger partial charge in [-0.05, 0) is 18.5 Å². The highest BCUT2D eigenvalue weighted by atomic mass is 35.5. The third-order valence-electron chi connectivity index (χ3n) is 1.39. The van der Waals surface area contributed by atoms with Crippen molar-refractivity contribution in [2.24, 2.45) is 0 Å². The van der Waals surface area contributed by atoms with Gasteiger partial charge < -0.3 is 4.52 Å². The normalized spacial score (nSPS) is 9.79. The van der Waals surface area contributed by atoms with Crippen LogP contribution in [0.15, 0.2) is 14.2 Å². The van der Waals surface area contributed by atoms with Gasteiger partial charge in [-0.2, -0.15) is 0 Å². The minimum atomic E-state index is -0.967. The van der Waals surface area contributed by atoms with Crippen molar-refractivity contribution < 1.29 is 9.32 Å². The summed E-state index contributed by atoms with van der Waals surface area (Å²) in [4.78, 5) is 22.4. The van der Waals surface area contributed by atoms with Crippen LogP contribution >= 0.6 is 23.4 Å². The fraction of sp³-hybridized carbons (Fsp3) is 0.250. The Balaban J connectivity index is 3.13. The molecule has 14 heavy (non-hydrogen) atoms. The van der Waals surface area contributed by atoms with Crippen molar-refractivity contribution in [1.29, 1.82) is 0 Å². The fourth-order valence-corrected chi connectivity index (χ4v) is 1.64. The summed E-state index contributed by atoms with van der Waals surface area (Å²) < 4.78 is 5.33. The summed E-state index contributed by atoms with van der Waals surface area (Å²) >= 11 is 6.25. The van der Waals surface area contributed by atoms with Crippen LogP contribution in [-0.2, 0) is 0 Å². The molecule has 0 aliphatic carbocycles. The molecular formula is C8H6ClNO3S. The third kappa shape index (κ3) is 2.03. The van der Waals surface area contributed by atoms with E-state index in [2.05, 4.69) is 5.92 Å². The number of aromatic nitrogens is 1. The lowest BCUT2D eigenvalue weighted by Crippen LogP contribution is -2.18. The summed E-state index contributed by atoms with van der Waals surface area (Å²) in [5, 5.41) is -0.967. The highest BCUT2D eigenvalue weighted by Gasteiger charge is 2.17. The number of thioether (sulfide) groups is 1. The maximum Gasteiger partial charge on any atom is 0.357 e. The second-order valence-electron chi connectivity index (χ2n) is 2.32. The maximum atomic E-state index is 11.4. The molecule has 74 valence electrons. The van der Waals surface area contributed by atoms with Gasteiger partial charge >= 0.3 is 10.9 Å². The number of halogens is 1. The fourth-order valence-electron chi connectivity index (χ4n) is 0.856.